The van der Waals surface area contributed by atoms with Crippen molar-refractivity contribution in [3.05, 3.63) is 34.9 Å². The molecule has 2 nitrogen and oxygen atoms in total. The van der Waals surface area contributed by atoms with E-state index in [9.17, 15) is 0 Å². The molecule has 1 fully saturated rings. The molecule has 0 spiro atoms. The minimum absolute atomic E-state index is 0.408. The molecule has 1 aromatic rings. The number of aryl methyl sites for hydroxylation is 2. The van der Waals surface area contributed by atoms with Crippen molar-refractivity contribution in [2.75, 3.05) is 13.2 Å². The van der Waals surface area contributed by atoms with Gasteiger partial charge in [0.15, 0.2) is 0 Å². The summed E-state index contributed by atoms with van der Waals surface area (Å²) in [5, 5.41) is 3.62. The lowest BCUT2D eigenvalue weighted by atomic mass is 10.0. The molecule has 2 rings (SSSR count). The highest BCUT2D eigenvalue weighted by Crippen LogP contribution is 2.18. The topological polar surface area (TPSA) is 21.3 Å². The average Bonchev–Trinajstić information content (AvgIpc) is 2.68. The van der Waals surface area contributed by atoms with Gasteiger partial charge in [-0.2, -0.15) is 0 Å². The van der Waals surface area contributed by atoms with Crippen molar-refractivity contribution in [1.82, 2.24) is 5.32 Å². The Morgan fingerprint density at radius 3 is 2.50 bits per heavy atom. The smallest absolute Gasteiger partial charge is 0.0620 e. The Morgan fingerprint density at radius 2 is 1.94 bits per heavy atom. The van der Waals surface area contributed by atoms with Crippen LogP contribution in [0, 0.1) is 13.8 Å². The van der Waals surface area contributed by atoms with E-state index in [0.717, 1.165) is 19.6 Å². The summed E-state index contributed by atoms with van der Waals surface area (Å²) in [6.07, 6.45) is 1.13. The molecule has 2 unspecified atom stereocenters. The summed E-state index contributed by atoms with van der Waals surface area (Å²) in [4.78, 5) is 0. The Balaban J connectivity index is 2.04. The average molecular weight is 219 g/mol. The highest BCUT2D eigenvalue weighted by molar-refractivity contribution is 5.30. The third-order valence-corrected chi connectivity index (χ3v) is 3.16. The monoisotopic (exact) mass is 219 g/mol. The fourth-order valence-corrected chi connectivity index (χ4v) is 2.38. The van der Waals surface area contributed by atoms with Gasteiger partial charge >= 0.3 is 0 Å². The van der Waals surface area contributed by atoms with Crippen LogP contribution in [0.4, 0.5) is 0 Å². The van der Waals surface area contributed by atoms with Crippen LogP contribution in [0.1, 0.15) is 36.1 Å². The Bertz CT molecular complexity index is 336. The van der Waals surface area contributed by atoms with Crippen molar-refractivity contribution in [2.24, 2.45) is 0 Å². The fourth-order valence-electron chi connectivity index (χ4n) is 2.38. The zero-order valence-corrected chi connectivity index (χ0v) is 10.4. The molecule has 88 valence electrons. The second kappa shape index (κ2) is 4.98. The minimum atomic E-state index is 0.408. The third-order valence-electron chi connectivity index (χ3n) is 3.16. The lowest BCUT2D eigenvalue weighted by Crippen LogP contribution is -2.31. The summed E-state index contributed by atoms with van der Waals surface area (Å²) in [7, 11) is 0. The lowest BCUT2D eigenvalue weighted by Gasteiger charge is -2.19. The normalized spacial score (nSPS) is 22.3. The molecule has 1 saturated heterocycles. The minimum Gasteiger partial charge on any atom is -0.380 e. The Kier molecular flexibility index (Phi) is 3.62. The first-order valence-electron chi connectivity index (χ1n) is 6.07. The van der Waals surface area contributed by atoms with Gasteiger partial charge in [-0.1, -0.05) is 29.3 Å². The van der Waals surface area contributed by atoms with Gasteiger partial charge in [0.2, 0.25) is 0 Å². The molecule has 2 heteroatoms. The molecular formula is C14H21NO. The van der Waals surface area contributed by atoms with E-state index in [4.69, 9.17) is 4.74 Å². The number of hydrogen-bond acceptors (Lipinski definition) is 2. The molecule has 0 aromatic heterocycles. The predicted molar refractivity (Wildman–Crippen MR) is 66.7 cm³/mol. The van der Waals surface area contributed by atoms with E-state index < -0.39 is 0 Å². The van der Waals surface area contributed by atoms with E-state index in [0.29, 0.717) is 12.1 Å². The first-order valence-corrected chi connectivity index (χ1v) is 6.07. The molecule has 1 aliphatic heterocycles. The van der Waals surface area contributed by atoms with Gasteiger partial charge < -0.3 is 10.1 Å². The van der Waals surface area contributed by atoms with Gasteiger partial charge in [0.05, 0.1) is 6.61 Å². The van der Waals surface area contributed by atoms with E-state index in [-0.39, 0.29) is 0 Å². The molecule has 0 radical (unpaired) electrons. The summed E-state index contributed by atoms with van der Waals surface area (Å²) in [6.45, 7) is 8.29. The molecule has 0 bridgehead atoms. The van der Waals surface area contributed by atoms with Crippen LogP contribution in [0.5, 0.6) is 0 Å². The quantitative estimate of drug-likeness (QED) is 0.844. The second-order valence-electron chi connectivity index (χ2n) is 4.87. The second-order valence-corrected chi connectivity index (χ2v) is 4.87. The number of ether oxygens (including phenoxy) is 1. The summed E-state index contributed by atoms with van der Waals surface area (Å²) in [5.74, 6) is 0. The number of nitrogens with one attached hydrogen (secondary N) is 1. The molecule has 0 saturated carbocycles. The van der Waals surface area contributed by atoms with Crippen molar-refractivity contribution in [3.63, 3.8) is 0 Å². The number of hydrogen-bond donors (Lipinski definition) is 1. The van der Waals surface area contributed by atoms with Crippen LogP contribution < -0.4 is 5.32 Å². The highest BCUT2D eigenvalue weighted by Gasteiger charge is 2.18. The van der Waals surface area contributed by atoms with E-state index in [1.165, 1.54) is 16.7 Å². The van der Waals surface area contributed by atoms with E-state index in [1.807, 2.05) is 0 Å². The standard InChI is InChI=1S/C14H21NO/c1-10-6-11(2)8-13(7-10)12(3)15-14-4-5-16-9-14/h6-8,12,14-15H,4-5,9H2,1-3H3. The van der Waals surface area contributed by atoms with Crippen molar-refractivity contribution >= 4 is 0 Å². The Labute approximate surface area is 98.0 Å². The molecule has 1 aliphatic rings. The maximum atomic E-state index is 5.38. The van der Waals surface area contributed by atoms with Gasteiger partial charge in [-0.05, 0) is 32.8 Å². The van der Waals surface area contributed by atoms with Crippen LogP contribution in [0.15, 0.2) is 18.2 Å². The highest BCUT2D eigenvalue weighted by atomic mass is 16.5. The van der Waals surface area contributed by atoms with E-state index >= 15 is 0 Å². The van der Waals surface area contributed by atoms with Gasteiger partial charge in [-0.15, -0.1) is 0 Å². The van der Waals surface area contributed by atoms with Crippen LogP contribution in [0.2, 0.25) is 0 Å². The van der Waals surface area contributed by atoms with Gasteiger partial charge in [0, 0.05) is 18.7 Å². The van der Waals surface area contributed by atoms with Crippen LogP contribution in [0.3, 0.4) is 0 Å². The summed E-state index contributed by atoms with van der Waals surface area (Å²) in [6, 6.07) is 7.68. The van der Waals surface area contributed by atoms with Crippen LogP contribution in [-0.2, 0) is 4.74 Å². The molecule has 1 N–H and O–H groups in total. The maximum absolute atomic E-state index is 5.38. The SMILES string of the molecule is Cc1cc(C)cc(C(C)NC2CCOC2)c1. The molecule has 0 aliphatic carbocycles. The van der Waals surface area contributed by atoms with Crippen molar-refractivity contribution in [2.45, 2.75) is 39.3 Å². The summed E-state index contributed by atoms with van der Waals surface area (Å²) >= 11 is 0. The van der Waals surface area contributed by atoms with Crippen molar-refractivity contribution < 1.29 is 4.74 Å². The van der Waals surface area contributed by atoms with Crippen molar-refractivity contribution in [3.8, 4) is 0 Å². The summed E-state index contributed by atoms with van der Waals surface area (Å²) in [5.41, 5.74) is 4.06. The Morgan fingerprint density at radius 1 is 1.25 bits per heavy atom. The van der Waals surface area contributed by atoms with Crippen molar-refractivity contribution in [1.29, 1.82) is 0 Å². The molecular weight excluding hydrogens is 198 g/mol. The number of benzene rings is 1. The van der Waals surface area contributed by atoms with Crippen LogP contribution in [-0.4, -0.2) is 19.3 Å². The first kappa shape index (κ1) is 11.6. The molecule has 16 heavy (non-hydrogen) atoms. The van der Waals surface area contributed by atoms with Gasteiger partial charge in [-0.25, -0.2) is 0 Å². The fraction of sp³-hybridized carbons (Fsp3) is 0.571. The number of rotatable bonds is 3. The van der Waals surface area contributed by atoms with E-state index in [1.54, 1.807) is 0 Å². The van der Waals surface area contributed by atoms with Gasteiger partial charge in [0.1, 0.15) is 0 Å². The third kappa shape index (κ3) is 2.83. The maximum Gasteiger partial charge on any atom is 0.0620 e. The molecule has 1 heterocycles. The first-order chi connectivity index (χ1) is 7.65. The van der Waals surface area contributed by atoms with Crippen LogP contribution >= 0.6 is 0 Å². The largest absolute Gasteiger partial charge is 0.380 e. The van der Waals surface area contributed by atoms with Gasteiger partial charge in [0.25, 0.3) is 0 Å². The Hall–Kier alpha value is -0.860. The molecule has 0 amide bonds. The zero-order valence-electron chi connectivity index (χ0n) is 10.4. The van der Waals surface area contributed by atoms with Crippen LogP contribution in [0.25, 0.3) is 0 Å². The lowest BCUT2D eigenvalue weighted by molar-refractivity contribution is 0.188. The predicted octanol–water partition coefficient (Wildman–Crippen LogP) is 2.74. The van der Waals surface area contributed by atoms with Gasteiger partial charge in [-0.3, -0.25) is 0 Å². The molecule has 1 aromatic carbocycles. The van der Waals surface area contributed by atoms with E-state index in [2.05, 4.69) is 44.3 Å². The zero-order chi connectivity index (χ0) is 11.5. The summed E-state index contributed by atoms with van der Waals surface area (Å²) < 4.78 is 5.38. The molecule has 2 atom stereocenters.